The standard InChI is InChI=1S/C13H18N2O/c14-12-6-7-13(16)15(10-12)9-8-11-4-2-1-3-5-11/h1-5,12H,6-10,14H2. The second-order valence-electron chi connectivity index (χ2n) is 4.37. The first kappa shape index (κ1) is 11.1. The topological polar surface area (TPSA) is 46.3 Å². The molecule has 3 nitrogen and oxygen atoms in total. The van der Waals surface area contributed by atoms with E-state index in [-0.39, 0.29) is 11.9 Å². The van der Waals surface area contributed by atoms with Crippen molar-refractivity contribution in [1.29, 1.82) is 0 Å². The first-order valence-electron chi connectivity index (χ1n) is 5.83. The minimum atomic E-state index is 0.161. The molecule has 0 spiro atoms. The minimum absolute atomic E-state index is 0.161. The molecule has 0 saturated carbocycles. The highest BCUT2D eigenvalue weighted by atomic mass is 16.2. The smallest absolute Gasteiger partial charge is 0.222 e. The van der Waals surface area contributed by atoms with E-state index in [0.29, 0.717) is 13.0 Å². The van der Waals surface area contributed by atoms with E-state index >= 15 is 0 Å². The predicted molar refractivity (Wildman–Crippen MR) is 63.9 cm³/mol. The summed E-state index contributed by atoms with van der Waals surface area (Å²) in [6.45, 7) is 1.50. The molecule has 16 heavy (non-hydrogen) atoms. The highest BCUT2D eigenvalue weighted by Gasteiger charge is 2.22. The third-order valence-electron chi connectivity index (χ3n) is 3.05. The monoisotopic (exact) mass is 218 g/mol. The fourth-order valence-corrected chi connectivity index (χ4v) is 2.07. The average Bonchev–Trinajstić information content (AvgIpc) is 2.32. The van der Waals surface area contributed by atoms with Gasteiger partial charge in [0.2, 0.25) is 5.91 Å². The molecule has 3 heteroatoms. The molecular weight excluding hydrogens is 200 g/mol. The van der Waals surface area contributed by atoms with E-state index in [9.17, 15) is 4.79 Å². The number of carbonyl (C=O) groups excluding carboxylic acids is 1. The number of rotatable bonds is 3. The van der Waals surface area contributed by atoms with Crippen LogP contribution in [0, 0.1) is 0 Å². The summed E-state index contributed by atoms with van der Waals surface area (Å²) in [5, 5.41) is 0. The van der Waals surface area contributed by atoms with Gasteiger partial charge < -0.3 is 10.6 Å². The Labute approximate surface area is 96.2 Å². The predicted octanol–water partition coefficient (Wildman–Crippen LogP) is 1.18. The third kappa shape index (κ3) is 2.83. The fraction of sp³-hybridized carbons (Fsp3) is 0.462. The van der Waals surface area contributed by atoms with Gasteiger partial charge in [0.1, 0.15) is 0 Å². The second kappa shape index (κ2) is 5.12. The summed E-state index contributed by atoms with van der Waals surface area (Å²) >= 11 is 0. The molecule has 0 aromatic heterocycles. The highest BCUT2D eigenvalue weighted by Crippen LogP contribution is 2.11. The first-order valence-corrected chi connectivity index (χ1v) is 5.83. The SMILES string of the molecule is NC1CCC(=O)N(CCc2ccccc2)C1. The van der Waals surface area contributed by atoms with Gasteiger partial charge in [-0.05, 0) is 18.4 Å². The molecule has 1 saturated heterocycles. The summed E-state index contributed by atoms with van der Waals surface area (Å²) in [5.74, 6) is 0.248. The average molecular weight is 218 g/mol. The van der Waals surface area contributed by atoms with Gasteiger partial charge in [-0.2, -0.15) is 0 Å². The van der Waals surface area contributed by atoms with Crippen molar-refractivity contribution >= 4 is 5.91 Å². The van der Waals surface area contributed by atoms with Crippen molar-refractivity contribution in [3.8, 4) is 0 Å². The van der Waals surface area contributed by atoms with Crippen LogP contribution in [-0.2, 0) is 11.2 Å². The van der Waals surface area contributed by atoms with Gasteiger partial charge in [0.15, 0.2) is 0 Å². The maximum Gasteiger partial charge on any atom is 0.222 e. The molecule has 1 aromatic carbocycles. The quantitative estimate of drug-likeness (QED) is 0.828. The number of nitrogens with two attached hydrogens (primary N) is 1. The maximum atomic E-state index is 11.6. The van der Waals surface area contributed by atoms with Crippen LogP contribution in [-0.4, -0.2) is 29.9 Å². The lowest BCUT2D eigenvalue weighted by Gasteiger charge is -2.30. The second-order valence-corrected chi connectivity index (χ2v) is 4.37. The minimum Gasteiger partial charge on any atom is -0.341 e. The molecule has 1 aliphatic heterocycles. The van der Waals surface area contributed by atoms with Gasteiger partial charge in [0.05, 0.1) is 0 Å². The Kier molecular flexibility index (Phi) is 3.57. The molecule has 0 aliphatic carbocycles. The molecule has 1 amide bonds. The van der Waals surface area contributed by atoms with Crippen LogP contribution in [0.15, 0.2) is 30.3 Å². The third-order valence-corrected chi connectivity index (χ3v) is 3.05. The molecule has 1 aromatic rings. The van der Waals surface area contributed by atoms with E-state index in [4.69, 9.17) is 5.73 Å². The Bertz CT molecular complexity index is 350. The maximum absolute atomic E-state index is 11.6. The molecule has 0 radical (unpaired) electrons. The number of likely N-dealkylation sites (tertiary alicyclic amines) is 1. The van der Waals surface area contributed by atoms with E-state index < -0.39 is 0 Å². The van der Waals surface area contributed by atoms with Gasteiger partial charge in [0.25, 0.3) is 0 Å². The van der Waals surface area contributed by atoms with Gasteiger partial charge in [0, 0.05) is 25.6 Å². The summed E-state index contributed by atoms with van der Waals surface area (Å²) in [4.78, 5) is 13.5. The van der Waals surface area contributed by atoms with Crippen molar-refractivity contribution in [2.24, 2.45) is 5.73 Å². The number of piperidine rings is 1. The zero-order valence-corrected chi connectivity index (χ0v) is 9.43. The number of nitrogens with zero attached hydrogens (tertiary/aromatic N) is 1. The van der Waals surface area contributed by atoms with E-state index in [1.807, 2.05) is 23.1 Å². The summed E-state index contributed by atoms with van der Waals surface area (Å²) in [7, 11) is 0. The zero-order valence-electron chi connectivity index (χ0n) is 9.43. The van der Waals surface area contributed by atoms with Crippen LogP contribution >= 0.6 is 0 Å². The molecular formula is C13H18N2O. The zero-order chi connectivity index (χ0) is 11.4. The lowest BCUT2D eigenvalue weighted by Crippen LogP contribution is -2.46. The van der Waals surface area contributed by atoms with Crippen LogP contribution in [0.1, 0.15) is 18.4 Å². The van der Waals surface area contributed by atoms with Gasteiger partial charge in [-0.3, -0.25) is 4.79 Å². The molecule has 0 bridgehead atoms. The highest BCUT2D eigenvalue weighted by molar-refractivity contribution is 5.77. The largest absolute Gasteiger partial charge is 0.341 e. The Balaban J connectivity index is 1.87. The molecule has 1 unspecified atom stereocenters. The summed E-state index contributed by atoms with van der Waals surface area (Å²) < 4.78 is 0. The van der Waals surface area contributed by atoms with Crippen LogP contribution in [0.4, 0.5) is 0 Å². The van der Waals surface area contributed by atoms with Crippen molar-refractivity contribution in [3.63, 3.8) is 0 Å². The first-order chi connectivity index (χ1) is 7.75. The van der Waals surface area contributed by atoms with E-state index in [2.05, 4.69) is 12.1 Å². The lowest BCUT2D eigenvalue weighted by atomic mass is 10.0. The fourth-order valence-electron chi connectivity index (χ4n) is 2.07. The number of carbonyl (C=O) groups is 1. The van der Waals surface area contributed by atoms with Crippen LogP contribution in [0.3, 0.4) is 0 Å². The van der Waals surface area contributed by atoms with Crippen molar-refractivity contribution in [2.45, 2.75) is 25.3 Å². The van der Waals surface area contributed by atoms with Crippen molar-refractivity contribution in [1.82, 2.24) is 4.90 Å². The molecule has 1 heterocycles. The Morgan fingerprint density at radius 2 is 2.06 bits per heavy atom. The van der Waals surface area contributed by atoms with Crippen molar-refractivity contribution < 1.29 is 4.79 Å². The molecule has 2 rings (SSSR count). The Morgan fingerprint density at radius 1 is 1.31 bits per heavy atom. The van der Waals surface area contributed by atoms with Gasteiger partial charge in [-0.15, -0.1) is 0 Å². The number of amides is 1. The van der Waals surface area contributed by atoms with Crippen molar-refractivity contribution in [3.05, 3.63) is 35.9 Å². The van der Waals surface area contributed by atoms with E-state index in [1.165, 1.54) is 5.56 Å². The number of hydrogen-bond donors (Lipinski definition) is 1. The number of benzene rings is 1. The summed E-state index contributed by atoms with van der Waals surface area (Å²) in [6.07, 6.45) is 2.36. The van der Waals surface area contributed by atoms with E-state index in [0.717, 1.165) is 19.4 Å². The Morgan fingerprint density at radius 3 is 2.81 bits per heavy atom. The van der Waals surface area contributed by atoms with Gasteiger partial charge >= 0.3 is 0 Å². The van der Waals surface area contributed by atoms with Gasteiger partial charge in [-0.1, -0.05) is 30.3 Å². The van der Waals surface area contributed by atoms with E-state index in [1.54, 1.807) is 0 Å². The molecule has 86 valence electrons. The molecule has 2 N–H and O–H groups in total. The molecule has 1 aliphatic rings. The molecule has 1 fully saturated rings. The van der Waals surface area contributed by atoms with Crippen LogP contribution in [0.25, 0.3) is 0 Å². The number of hydrogen-bond acceptors (Lipinski definition) is 2. The van der Waals surface area contributed by atoms with Crippen LogP contribution < -0.4 is 5.73 Å². The van der Waals surface area contributed by atoms with Crippen molar-refractivity contribution in [2.75, 3.05) is 13.1 Å². The molecule has 1 atom stereocenters. The van der Waals surface area contributed by atoms with Crippen LogP contribution in [0.2, 0.25) is 0 Å². The Hall–Kier alpha value is -1.35. The summed E-state index contributed by atoms with van der Waals surface area (Å²) in [6, 6.07) is 10.4. The van der Waals surface area contributed by atoms with Crippen LogP contribution in [0.5, 0.6) is 0 Å². The lowest BCUT2D eigenvalue weighted by molar-refractivity contribution is -0.133. The van der Waals surface area contributed by atoms with Gasteiger partial charge in [-0.25, -0.2) is 0 Å². The summed E-state index contributed by atoms with van der Waals surface area (Å²) in [5.41, 5.74) is 7.14. The normalized spacial score (nSPS) is 21.2.